The minimum Gasteiger partial charge on any atom is -0.486 e. The summed E-state index contributed by atoms with van der Waals surface area (Å²) in [5.41, 5.74) is 0. The van der Waals surface area contributed by atoms with Gasteiger partial charge in [-0.05, 0) is 26.1 Å². The van der Waals surface area contributed by atoms with E-state index in [1.165, 1.54) is 6.07 Å². The summed E-state index contributed by atoms with van der Waals surface area (Å²) >= 11 is 0. The monoisotopic (exact) mass is 254 g/mol. The Hall–Kier alpha value is -1.62. The van der Waals surface area contributed by atoms with Gasteiger partial charge in [0.2, 0.25) is 5.91 Å². The van der Waals surface area contributed by atoms with E-state index >= 15 is 0 Å². The first kappa shape index (κ1) is 14.4. The van der Waals surface area contributed by atoms with Crippen LogP contribution in [0.15, 0.2) is 24.3 Å². The summed E-state index contributed by atoms with van der Waals surface area (Å²) in [4.78, 5) is 11.3. The number of carbonyl (C=O) groups is 1. The second kappa shape index (κ2) is 7.66. The second-order valence-electron chi connectivity index (χ2n) is 4.02. The number of ether oxygens (including phenoxy) is 1. The Kier molecular flexibility index (Phi) is 6.14. The number of benzene rings is 1. The lowest BCUT2D eigenvalue weighted by atomic mass is 10.3. The van der Waals surface area contributed by atoms with Gasteiger partial charge in [-0.2, -0.15) is 0 Å². The third-order valence-electron chi connectivity index (χ3n) is 2.35. The summed E-state index contributed by atoms with van der Waals surface area (Å²) in [7, 11) is 1.79. The highest BCUT2D eigenvalue weighted by Gasteiger charge is 2.09. The number of hydrogen-bond acceptors (Lipinski definition) is 3. The molecular weight excluding hydrogens is 235 g/mol. The van der Waals surface area contributed by atoms with Crippen molar-refractivity contribution in [3.8, 4) is 5.75 Å². The third kappa shape index (κ3) is 5.14. The first-order chi connectivity index (χ1) is 8.63. The van der Waals surface area contributed by atoms with Crippen LogP contribution in [0.5, 0.6) is 5.75 Å². The van der Waals surface area contributed by atoms with Crippen LogP contribution in [0.3, 0.4) is 0 Å². The highest BCUT2D eigenvalue weighted by molar-refractivity contribution is 5.76. The molecule has 0 heterocycles. The molecule has 0 aliphatic rings. The molecule has 5 heteroatoms. The molecule has 0 aromatic heterocycles. The standard InChI is InChI=1S/C13H19FN2O2/c1-10(9-16-13(17)7-8-15-2)18-12-6-4-3-5-11(12)14/h3-6,10,15H,7-9H2,1-2H3,(H,16,17). The van der Waals surface area contributed by atoms with E-state index in [1.54, 1.807) is 32.2 Å². The van der Waals surface area contributed by atoms with E-state index in [0.29, 0.717) is 19.5 Å². The Bertz CT molecular complexity index is 385. The molecular formula is C13H19FN2O2. The molecule has 2 N–H and O–H groups in total. The molecule has 1 amide bonds. The molecule has 1 aromatic rings. The van der Waals surface area contributed by atoms with Crippen molar-refractivity contribution in [1.29, 1.82) is 0 Å². The van der Waals surface area contributed by atoms with Crippen LogP contribution in [0.4, 0.5) is 4.39 Å². The van der Waals surface area contributed by atoms with Crippen molar-refractivity contribution >= 4 is 5.91 Å². The average Bonchev–Trinajstić information content (AvgIpc) is 2.36. The highest BCUT2D eigenvalue weighted by Crippen LogP contribution is 2.16. The van der Waals surface area contributed by atoms with E-state index in [2.05, 4.69) is 10.6 Å². The lowest BCUT2D eigenvalue weighted by Crippen LogP contribution is -2.34. The van der Waals surface area contributed by atoms with E-state index in [1.807, 2.05) is 0 Å². The van der Waals surface area contributed by atoms with Gasteiger partial charge in [0, 0.05) is 13.0 Å². The van der Waals surface area contributed by atoms with Crippen LogP contribution < -0.4 is 15.4 Å². The summed E-state index contributed by atoms with van der Waals surface area (Å²) in [6.07, 6.45) is 0.142. The summed E-state index contributed by atoms with van der Waals surface area (Å²) < 4.78 is 18.7. The topological polar surface area (TPSA) is 50.4 Å². The summed E-state index contributed by atoms with van der Waals surface area (Å²) in [5, 5.41) is 5.62. The molecule has 100 valence electrons. The number of halogens is 1. The van der Waals surface area contributed by atoms with E-state index in [-0.39, 0.29) is 17.8 Å². The van der Waals surface area contributed by atoms with Gasteiger partial charge in [-0.25, -0.2) is 4.39 Å². The van der Waals surface area contributed by atoms with Crippen LogP contribution >= 0.6 is 0 Å². The zero-order chi connectivity index (χ0) is 13.4. The maximum absolute atomic E-state index is 13.3. The van der Waals surface area contributed by atoms with Crippen LogP contribution in [0, 0.1) is 5.82 Å². The first-order valence-corrected chi connectivity index (χ1v) is 5.96. The van der Waals surface area contributed by atoms with E-state index < -0.39 is 5.82 Å². The Labute approximate surface area is 107 Å². The van der Waals surface area contributed by atoms with Crippen molar-refractivity contribution < 1.29 is 13.9 Å². The quantitative estimate of drug-likeness (QED) is 0.771. The summed E-state index contributed by atoms with van der Waals surface area (Å²) in [6, 6.07) is 6.21. The Morgan fingerprint density at radius 1 is 1.44 bits per heavy atom. The Morgan fingerprint density at radius 3 is 2.83 bits per heavy atom. The van der Waals surface area contributed by atoms with Crippen LogP contribution in [0.25, 0.3) is 0 Å². The number of para-hydroxylation sites is 1. The fourth-order valence-corrected chi connectivity index (χ4v) is 1.38. The molecule has 1 rings (SSSR count). The van der Waals surface area contributed by atoms with Crippen LogP contribution in [-0.2, 0) is 4.79 Å². The minimum atomic E-state index is -0.397. The third-order valence-corrected chi connectivity index (χ3v) is 2.35. The van der Waals surface area contributed by atoms with Gasteiger partial charge in [-0.1, -0.05) is 12.1 Å². The predicted octanol–water partition coefficient (Wildman–Crippen LogP) is 1.32. The van der Waals surface area contributed by atoms with Crippen LogP contribution in [0.2, 0.25) is 0 Å². The highest BCUT2D eigenvalue weighted by atomic mass is 19.1. The van der Waals surface area contributed by atoms with E-state index in [9.17, 15) is 9.18 Å². The molecule has 4 nitrogen and oxygen atoms in total. The van der Waals surface area contributed by atoms with Crippen molar-refractivity contribution in [1.82, 2.24) is 10.6 Å². The van der Waals surface area contributed by atoms with Gasteiger partial charge >= 0.3 is 0 Å². The van der Waals surface area contributed by atoms with Gasteiger partial charge in [0.25, 0.3) is 0 Å². The largest absolute Gasteiger partial charge is 0.486 e. The summed E-state index contributed by atoms with van der Waals surface area (Å²) in [5.74, 6) is -0.242. The molecule has 0 saturated heterocycles. The molecule has 1 aromatic carbocycles. The maximum Gasteiger partial charge on any atom is 0.221 e. The zero-order valence-corrected chi connectivity index (χ0v) is 10.7. The van der Waals surface area contributed by atoms with Crippen LogP contribution in [0.1, 0.15) is 13.3 Å². The van der Waals surface area contributed by atoms with Gasteiger partial charge in [-0.15, -0.1) is 0 Å². The number of rotatable bonds is 7. The number of amides is 1. The molecule has 0 bridgehead atoms. The number of hydrogen-bond donors (Lipinski definition) is 2. The van der Waals surface area contributed by atoms with Gasteiger partial charge < -0.3 is 15.4 Å². The molecule has 18 heavy (non-hydrogen) atoms. The van der Waals surface area contributed by atoms with Crippen molar-refractivity contribution in [2.45, 2.75) is 19.4 Å². The van der Waals surface area contributed by atoms with Crippen molar-refractivity contribution in [2.75, 3.05) is 20.1 Å². The normalized spacial score (nSPS) is 11.9. The lowest BCUT2D eigenvalue weighted by molar-refractivity contribution is -0.121. The van der Waals surface area contributed by atoms with E-state index in [4.69, 9.17) is 4.74 Å². The van der Waals surface area contributed by atoms with Gasteiger partial charge in [0.1, 0.15) is 6.10 Å². The Balaban J connectivity index is 2.32. The predicted molar refractivity (Wildman–Crippen MR) is 68.0 cm³/mol. The Morgan fingerprint density at radius 2 is 2.17 bits per heavy atom. The fraction of sp³-hybridized carbons (Fsp3) is 0.462. The van der Waals surface area contributed by atoms with Crippen LogP contribution in [-0.4, -0.2) is 32.1 Å². The molecule has 0 aliphatic carbocycles. The van der Waals surface area contributed by atoms with Crippen molar-refractivity contribution in [2.24, 2.45) is 0 Å². The van der Waals surface area contributed by atoms with Crippen molar-refractivity contribution in [3.05, 3.63) is 30.1 Å². The average molecular weight is 254 g/mol. The molecule has 0 radical (unpaired) electrons. The molecule has 0 aliphatic heterocycles. The van der Waals surface area contributed by atoms with Gasteiger partial charge in [0.15, 0.2) is 11.6 Å². The minimum absolute atomic E-state index is 0.0478. The maximum atomic E-state index is 13.3. The van der Waals surface area contributed by atoms with Gasteiger partial charge in [0.05, 0.1) is 6.54 Å². The van der Waals surface area contributed by atoms with Crippen molar-refractivity contribution in [3.63, 3.8) is 0 Å². The molecule has 1 atom stereocenters. The SMILES string of the molecule is CNCCC(=O)NCC(C)Oc1ccccc1F. The molecule has 0 saturated carbocycles. The lowest BCUT2D eigenvalue weighted by Gasteiger charge is -2.15. The second-order valence-corrected chi connectivity index (χ2v) is 4.02. The number of nitrogens with one attached hydrogen (secondary N) is 2. The number of carbonyl (C=O) groups excluding carboxylic acids is 1. The summed E-state index contributed by atoms with van der Waals surface area (Å²) in [6.45, 7) is 2.77. The first-order valence-electron chi connectivity index (χ1n) is 5.96. The molecule has 1 unspecified atom stereocenters. The van der Waals surface area contributed by atoms with E-state index in [0.717, 1.165) is 0 Å². The zero-order valence-electron chi connectivity index (χ0n) is 10.7. The smallest absolute Gasteiger partial charge is 0.221 e. The fourth-order valence-electron chi connectivity index (χ4n) is 1.38. The molecule has 0 spiro atoms. The molecule has 0 fully saturated rings. The van der Waals surface area contributed by atoms with Gasteiger partial charge in [-0.3, -0.25) is 4.79 Å².